The second-order valence-corrected chi connectivity index (χ2v) is 6.46. The monoisotopic (exact) mass is 270 g/mol. The van der Waals surface area contributed by atoms with Gasteiger partial charge in [-0.3, -0.25) is 0 Å². The number of hydrogen-bond donors (Lipinski definition) is 2. The van der Waals surface area contributed by atoms with E-state index in [1.165, 1.54) is 0 Å². The molecule has 0 aliphatic carbocycles. The first-order valence-electron chi connectivity index (χ1n) is 7.27. The van der Waals surface area contributed by atoms with E-state index >= 15 is 0 Å². The summed E-state index contributed by atoms with van der Waals surface area (Å²) >= 11 is 0. The van der Waals surface area contributed by atoms with E-state index in [2.05, 4.69) is 10.6 Å². The van der Waals surface area contributed by atoms with E-state index in [0.29, 0.717) is 5.92 Å². The Morgan fingerprint density at radius 2 is 1.95 bits per heavy atom. The number of amides is 1. The van der Waals surface area contributed by atoms with Crippen molar-refractivity contribution in [2.75, 3.05) is 19.7 Å². The Morgan fingerprint density at radius 3 is 2.58 bits per heavy atom. The van der Waals surface area contributed by atoms with Crippen LogP contribution in [0.25, 0.3) is 0 Å². The van der Waals surface area contributed by atoms with Gasteiger partial charge in [-0.15, -0.1) is 0 Å². The maximum absolute atomic E-state index is 11.8. The normalized spacial score (nSPS) is 29.2. The molecule has 2 heterocycles. The predicted octanol–water partition coefficient (Wildman–Crippen LogP) is 1.67. The SMILES string of the molecule is CC(C)(C)OC(=O)N[C@@H]1CCO[C@H]1C1CCNCC1. The number of ether oxygens (including phenoxy) is 2. The van der Waals surface area contributed by atoms with Gasteiger partial charge in [-0.25, -0.2) is 4.79 Å². The van der Waals surface area contributed by atoms with Crippen LogP contribution >= 0.6 is 0 Å². The summed E-state index contributed by atoms with van der Waals surface area (Å²) in [6.07, 6.45) is 2.94. The molecule has 19 heavy (non-hydrogen) atoms. The molecule has 0 aromatic heterocycles. The maximum atomic E-state index is 11.8. The third-order valence-electron chi connectivity index (χ3n) is 3.69. The number of carbonyl (C=O) groups is 1. The molecule has 2 fully saturated rings. The van der Waals surface area contributed by atoms with Gasteiger partial charge in [-0.05, 0) is 59.0 Å². The van der Waals surface area contributed by atoms with Gasteiger partial charge in [0, 0.05) is 6.61 Å². The van der Waals surface area contributed by atoms with Crippen molar-refractivity contribution in [3.05, 3.63) is 0 Å². The number of piperidine rings is 1. The molecule has 0 bridgehead atoms. The molecule has 2 saturated heterocycles. The van der Waals surface area contributed by atoms with Crippen LogP contribution in [0.15, 0.2) is 0 Å². The zero-order valence-electron chi connectivity index (χ0n) is 12.2. The Morgan fingerprint density at radius 1 is 1.26 bits per heavy atom. The second-order valence-electron chi connectivity index (χ2n) is 6.46. The molecular weight excluding hydrogens is 244 g/mol. The smallest absolute Gasteiger partial charge is 0.407 e. The fraction of sp³-hybridized carbons (Fsp3) is 0.929. The molecule has 0 unspecified atom stereocenters. The van der Waals surface area contributed by atoms with Crippen molar-refractivity contribution in [2.45, 2.75) is 57.8 Å². The van der Waals surface area contributed by atoms with Crippen molar-refractivity contribution in [1.82, 2.24) is 10.6 Å². The van der Waals surface area contributed by atoms with Crippen molar-refractivity contribution in [3.63, 3.8) is 0 Å². The van der Waals surface area contributed by atoms with Crippen LogP contribution in [0.3, 0.4) is 0 Å². The quantitative estimate of drug-likeness (QED) is 0.801. The standard InChI is InChI=1S/C14H26N2O3/c1-14(2,3)19-13(17)16-11-6-9-18-12(11)10-4-7-15-8-5-10/h10-12,15H,4-9H2,1-3H3,(H,16,17)/t11-,12+/m1/s1. The average Bonchev–Trinajstić information content (AvgIpc) is 2.75. The molecule has 2 atom stereocenters. The van der Waals surface area contributed by atoms with E-state index in [1.807, 2.05) is 20.8 Å². The maximum Gasteiger partial charge on any atom is 0.407 e. The highest BCUT2D eigenvalue weighted by Gasteiger charge is 2.36. The van der Waals surface area contributed by atoms with E-state index in [1.54, 1.807) is 0 Å². The van der Waals surface area contributed by atoms with E-state index < -0.39 is 5.60 Å². The van der Waals surface area contributed by atoms with Crippen LogP contribution in [0, 0.1) is 5.92 Å². The first-order valence-corrected chi connectivity index (χ1v) is 7.27. The zero-order chi connectivity index (χ0) is 13.9. The molecule has 0 spiro atoms. The molecule has 0 aromatic rings. The van der Waals surface area contributed by atoms with Gasteiger partial charge in [0.1, 0.15) is 5.60 Å². The molecule has 0 saturated carbocycles. The van der Waals surface area contributed by atoms with Gasteiger partial charge in [0.25, 0.3) is 0 Å². The molecule has 5 heteroatoms. The molecule has 110 valence electrons. The Hall–Kier alpha value is -0.810. The van der Waals surface area contributed by atoms with Gasteiger partial charge in [0.2, 0.25) is 0 Å². The predicted molar refractivity (Wildman–Crippen MR) is 73.1 cm³/mol. The highest BCUT2D eigenvalue weighted by molar-refractivity contribution is 5.68. The largest absolute Gasteiger partial charge is 0.444 e. The summed E-state index contributed by atoms with van der Waals surface area (Å²) < 4.78 is 11.2. The van der Waals surface area contributed by atoms with Crippen molar-refractivity contribution in [1.29, 1.82) is 0 Å². The molecule has 0 radical (unpaired) electrons. The van der Waals surface area contributed by atoms with Crippen molar-refractivity contribution in [3.8, 4) is 0 Å². The number of alkyl carbamates (subject to hydrolysis) is 1. The fourth-order valence-electron chi connectivity index (χ4n) is 2.86. The highest BCUT2D eigenvalue weighted by atomic mass is 16.6. The van der Waals surface area contributed by atoms with Crippen LogP contribution in [-0.4, -0.2) is 43.5 Å². The van der Waals surface area contributed by atoms with Crippen LogP contribution in [0.5, 0.6) is 0 Å². The Kier molecular flexibility index (Phi) is 4.68. The first kappa shape index (κ1) is 14.6. The van der Waals surface area contributed by atoms with Gasteiger partial charge in [0.05, 0.1) is 12.1 Å². The molecule has 2 aliphatic rings. The lowest BCUT2D eigenvalue weighted by atomic mass is 9.88. The number of hydrogen-bond acceptors (Lipinski definition) is 4. The summed E-state index contributed by atoms with van der Waals surface area (Å²) in [5, 5.41) is 6.33. The molecule has 5 nitrogen and oxygen atoms in total. The molecule has 1 amide bonds. The number of carbonyl (C=O) groups excluding carboxylic acids is 1. The van der Waals surface area contributed by atoms with Crippen molar-refractivity contribution >= 4 is 6.09 Å². The van der Waals surface area contributed by atoms with Crippen LogP contribution in [0.2, 0.25) is 0 Å². The lowest BCUT2D eigenvalue weighted by Crippen LogP contribution is -2.47. The number of nitrogens with one attached hydrogen (secondary N) is 2. The van der Waals surface area contributed by atoms with Crippen LogP contribution < -0.4 is 10.6 Å². The van der Waals surface area contributed by atoms with E-state index in [9.17, 15) is 4.79 Å². The summed E-state index contributed by atoms with van der Waals surface area (Å²) in [4.78, 5) is 11.8. The average molecular weight is 270 g/mol. The summed E-state index contributed by atoms with van der Waals surface area (Å²) in [5.74, 6) is 0.545. The van der Waals surface area contributed by atoms with E-state index in [4.69, 9.17) is 9.47 Å². The summed E-state index contributed by atoms with van der Waals surface area (Å²) in [6, 6.07) is 0.0953. The van der Waals surface area contributed by atoms with Crippen molar-refractivity contribution in [2.24, 2.45) is 5.92 Å². The minimum absolute atomic E-state index is 0.0953. The minimum Gasteiger partial charge on any atom is -0.444 e. The third-order valence-corrected chi connectivity index (χ3v) is 3.69. The zero-order valence-corrected chi connectivity index (χ0v) is 12.2. The fourth-order valence-corrected chi connectivity index (χ4v) is 2.86. The summed E-state index contributed by atoms with van der Waals surface area (Å²) in [5.41, 5.74) is -0.451. The van der Waals surface area contributed by atoms with Gasteiger partial charge >= 0.3 is 6.09 Å². The number of rotatable bonds is 2. The van der Waals surface area contributed by atoms with Gasteiger partial charge in [-0.1, -0.05) is 0 Å². The molecule has 0 aromatic carbocycles. The molecular formula is C14H26N2O3. The van der Waals surface area contributed by atoms with Gasteiger partial charge in [-0.2, -0.15) is 0 Å². The third kappa shape index (κ3) is 4.35. The van der Waals surface area contributed by atoms with E-state index in [0.717, 1.165) is 39.0 Å². The minimum atomic E-state index is -0.451. The lowest BCUT2D eigenvalue weighted by molar-refractivity contribution is 0.0258. The van der Waals surface area contributed by atoms with Crippen LogP contribution in [0.1, 0.15) is 40.0 Å². The van der Waals surface area contributed by atoms with Gasteiger partial charge in [0.15, 0.2) is 0 Å². The lowest BCUT2D eigenvalue weighted by Gasteiger charge is -2.31. The molecule has 2 rings (SSSR count). The first-order chi connectivity index (χ1) is 8.96. The highest BCUT2D eigenvalue weighted by Crippen LogP contribution is 2.27. The van der Waals surface area contributed by atoms with Crippen molar-refractivity contribution < 1.29 is 14.3 Å². The Labute approximate surface area is 115 Å². The Balaban J connectivity index is 1.86. The molecule has 2 N–H and O–H groups in total. The summed E-state index contributed by atoms with van der Waals surface area (Å²) in [7, 11) is 0. The van der Waals surface area contributed by atoms with Gasteiger partial charge < -0.3 is 20.1 Å². The second kappa shape index (κ2) is 6.09. The molecule has 2 aliphatic heterocycles. The van der Waals surface area contributed by atoms with Crippen LogP contribution in [-0.2, 0) is 9.47 Å². The Bertz CT molecular complexity index is 308. The topological polar surface area (TPSA) is 59.6 Å². The van der Waals surface area contributed by atoms with E-state index in [-0.39, 0.29) is 18.2 Å². The van der Waals surface area contributed by atoms with Crippen LogP contribution in [0.4, 0.5) is 4.79 Å². The summed E-state index contributed by atoms with van der Waals surface area (Å²) in [6.45, 7) is 8.45.